The van der Waals surface area contributed by atoms with Gasteiger partial charge in [0.05, 0.1) is 25.3 Å². The Morgan fingerprint density at radius 2 is 1.46 bits per heavy atom. The average Bonchev–Trinajstić information content (AvgIpc) is 3.82. The quantitative estimate of drug-likeness (QED) is 0.0162. The molecule has 22 nitrogen and oxygen atoms in total. The van der Waals surface area contributed by atoms with Crippen LogP contribution in [-0.4, -0.2) is 160 Å². The molecule has 0 aromatic heterocycles. The summed E-state index contributed by atoms with van der Waals surface area (Å²) >= 11 is 1.36. The number of carbonyl (C=O) groups excluding carboxylic acids is 7. The number of aldehydes is 1. The van der Waals surface area contributed by atoms with Gasteiger partial charge in [0.1, 0.15) is 36.5 Å². The number of phosphoric acid groups is 1. The smallest absolute Gasteiger partial charge is 0.394 e. The van der Waals surface area contributed by atoms with E-state index in [9.17, 15) is 53.0 Å². The van der Waals surface area contributed by atoms with Gasteiger partial charge in [-0.15, -0.1) is 0 Å². The maximum absolute atomic E-state index is 13.7. The minimum atomic E-state index is -5.17. The summed E-state index contributed by atoms with van der Waals surface area (Å²) in [6, 6.07) is -8.49. The maximum atomic E-state index is 13.7. The number of rotatable bonds is 22. The molecular formula is C30H53N10O12PS. The van der Waals surface area contributed by atoms with Crippen molar-refractivity contribution in [1.29, 1.82) is 0 Å². The van der Waals surface area contributed by atoms with Crippen LogP contribution in [0.4, 0.5) is 0 Å². The molecule has 0 unspecified atom stereocenters. The van der Waals surface area contributed by atoms with Crippen molar-refractivity contribution in [2.24, 2.45) is 22.2 Å². The summed E-state index contributed by atoms with van der Waals surface area (Å²) in [6.45, 7) is 0.0447. The van der Waals surface area contributed by atoms with Gasteiger partial charge in [-0.3, -0.25) is 38.3 Å². The molecule has 2 rings (SSSR count). The van der Waals surface area contributed by atoms with Crippen molar-refractivity contribution in [1.82, 2.24) is 31.1 Å². The highest BCUT2D eigenvalue weighted by Gasteiger charge is 2.41. The summed E-state index contributed by atoms with van der Waals surface area (Å²) < 4.78 is 16.2. The SMILES string of the molecule is CSCC[C@H](NC(=O)[C@H](COP(=O)(O)O)NC(=O)[C@@H]1CCCN1C(=O)[C@H](CO)NC(=O)[C@@H](N)CCCN=C(N)N)C(=O)N1CCC[C@H]1C(=O)N[C@@H](C)C=O. The fourth-order valence-electron chi connectivity index (χ4n) is 5.86. The van der Waals surface area contributed by atoms with Gasteiger partial charge in [0.2, 0.25) is 35.4 Å². The first-order chi connectivity index (χ1) is 25.4. The molecule has 2 saturated heterocycles. The van der Waals surface area contributed by atoms with Gasteiger partial charge in [0.25, 0.3) is 0 Å². The first-order valence-electron chi connectivity index (χ1n) is 17.3. The third kappa shape index (κ3) is 14.8. The molecular weight excluding hydrogens is 755 g/mol. The van der Waals surface area contributed by atoms with Crippen molar-refractivity contribution in [3.63, 3.8) is 0 Å². The zero-order valence-corrected chi connectivity index (χ0v) is 32.0. The van der Waals surface area contributed by atoms with E-state index < -0.39 is 98.8 Å². The molecule has 0 bridgehead atoms. The van der Waals surface area contributed by atoms with Crippen LogP contribution in [0.1, 0.15) is 51.9 Å². The summed E-state index contributed by atoms with van der Waals surface area (Å²) in [7, 11) is -5.17. The van der Waals surface area contributed by atoms with E-state index in [0.717, 1.165) is 4.90 Å². The van der Waals surface area contributed by atoms with Crippen LogP contribution in [0.3, 0.4) is 0 Å². The summed E-state index contributed by atoms with van der Waals surface area (Å²) in [5.74, 6) is -4.44. The van der Waals surface area contributed by atoms with Gasteiger partial charge in [-0.1, -0.05) is 0 Å². The van der Waals surface area contributed by atoms with Crippen LogP contribution in [0.5, 0.6) is 0 Å². The Labute approximate surface area is 316 Å². The molecule has 306 valence electrons. The highest BCUT2D eigenvalue weighted by molar-refractivity contribution is 7.98. The molecule has 54 heavy (non-hydrogen) atoms. The predicted octanol–water partition coefficient (Wildman–Crippen LogP) is -4.64. The predicted molar refractivity (Wildman–Crippen MR) is 195 cm³/mol. The van der Waals surface area contributed by atoms with Crippen LogP contribution < -0.4 is 38.5 Å². The van der Waals surface area contributed by atoms with Crippen molar-refractivity contribution in [3.05, 3.63) is 0 Å². The molecule has 0 aromatic carbocycles. The molecule has 2 heterocycles. The minimum Gasteiger partial charge on any atom is -0.394 e. The second-order valence-electron chi connectivity index (χ2n) is 12.8. The first kappa shape index (κ1) is 46.3. The van der Waals surface area contributed by atoms with Crippen molar-refractivity contribution in [3.8, 4) is 0 Å². The lowest BCUT2D eigenvalue weighted by Gasteiger charge is -2.31. The summed E-state index contributed by atoms with van der Waals surface area (Å²) in [5.41, 5.74) is 16.5. The molecule has 0 aromatic rings. The van der Waals surface area contributed by atoms with Crippen LogP contribution in [0.2, 0.25) is 0 Å². The molecule has 2 aliphatic rings. The number of nitrogens with one attached hydrogen (secondary N) is 4. The molecule has 13 N–H and O–H groups in total. The van der Waals surface area contributed by atoms with E-state index in [4.69, 9.17) is 17.2 Å². The van der Waals surface area contributed by atoms with Gasteiger partial charge in [0.15, 0.2) is 5.96 Å². The third-order valence-corrected chi connectivity index (χ3v) is 9.75. The van der Waals surface area contributed by atoms with E-state index in [1.54, 1.807) is 6.26 Å². The van der Waals surface area contributed by atoms with Gasteiger partial charge >= 0.3 is 7.82 Å². The van der Waals surface area contributed by atoms with Crippen LogP contribution in [-0.2, 0) is 42.7 Å². The summed E-state index contributed by atoms with van der Waals surface area (Å²) in [5, 5.41) is 19.7. The van der Waals surface area contributed by atoms with Crippen LogP contribution in [0, 0.1) is 0 Å². The Hall–Kier alpha value is -3.86. The van der Waals surface area contributed by atoms with E-state index >= 15 is 0 Å². The molecule has 24 heteroatoms. The number of nitrogens with zero attached hydrogens (tertiary/aromatic N) is 3. The Kier molecular flexibility index (Phi) is 19.3. The van der Waals surface area contributed by atoms with Gasteiger partial charge in [-0.05, 0) is 63.9 Å². The zero-order valence-electron chi connectivity index (χ0n) is 30.3. The lowest BCUT2D eigenvalue weighted by molar-refractivity contribution is -0.144. The summed E-state index contributed by atoms with van der Waals surface area (Å²) in [4.78, 5) is 116. The van der Waals surface area contributed by atoms with Gasteiger partial charge in [-0.25, -0.2) is 4.57 Å². The lowest BCUT2D eigenvalue weighted by atomic mass is 10.1. The third-order valence-electron chi connectivity index (χ3n) is 8.62. The topological polar surface area (TPSA) is 351 Å². The number of aliphatic hydroxyl groups is 1. The number of aliphatic imine (C=N–C) groups is 1. The van der Waals surface area contributed by atoms with Gasteiger partial charge < -0.3 is 68.0 Å². The Balaban J connectivity index is 2.21. The average molecular weight is 809 g/mol. The van der Waals surface area contributed by atoms with Crippen molar-refractivity contribution >= 4 is 67.3 Å². The number of likely N-dealkylation sites (tertiary alicyclic amines) is 2. The van der Waals surface area contributed by atoms with Gasteiger partial charge in [0, 0.05) is 19.6 Å². The Morgan fingerprint density at radius 3 is 1.98 bits per heavy atom. The first-order valence-corrected chi connectivity index (χ1v) is 20.2. The van der Waals surface area contributed by atoms with Crippen molar-refractivity contribution in [2.45, 2.75) is 94.2 Å². The molecule has 0 spiro atoms. The number of amides is 6. The second kappa shape index (κ2) is 22.5. The van der Waals surface area contributed by atoms with E-state index in [2.05, 4.69) is 30.8 Å². The number of aliphatic hydroxyl groups excluding tert-OH is 1. The van der Waals surface area contributed by atoms with E-state index in [0.29, 0.717) is 37.7 Å². The normalized spacial score (nSPS) is 19.8. The molecule has 2 fully saturated rings. The number of phosphoric ester groups is 1. The fourth-order valence-corrected chi connectivity index (χ4v) is 6.68. The van der Waals surface area contributed by atoms with E-state index in [-0.39, 0.29) is 44.9 Å². The monoisotopic (exact) mass is 808 g/mol. The van der Waals surface area contributed by atoms with E-state index in [1.165, 1.54) is 23.6 Å². The Morgan fingerprint density at radius 1 is 0.907 bits per heavy atom. The van der Waals surface area contributed by atoms with Crippen LogP contribution in [0.25, 0.3) is 0 Å². The van der Waals surface area contributed by atoms with Crippen molar-refractivity contribution < 1.29 is 57.5 Å². The largest absolute Gasteiger partial charge is 0.469 e. The number of carbonyl (C=O) groups is 7. The molecule has 7 atom stereocenters. The van der Waals surface area contributed by atoms with E-state index in [1.807, 2.05) is 0 Å². The van der Waals surface area contributed by atoms with Gasteiger partial charge in [-0.2, -0.15) is 11.8 Å². The number of hydrogen-bond donors (Lipinski definition) is 10. The highest BCUT2D eigenvalue weighted by atomic mass is 32.2. The molecule has 0 radical (unpaired) electrons. The Bertz CT molecular complexity index is 1420. The second-order valence-corrected chi connectivity index (χ2v) is 15.0. The standard InChI is InChI=1S/C30H53N10O12PS/c1-17(14-41)35-26(45)22-7-4-11-39(22)28(47)19(9-13-54-2)36-25(44)21(16-52-53(49,50)51)38-27(46)23-8-5-12-40(23)29(48)20(15-42)37-24(43)18(31)6-3-10-34-30(32)33/h14,17-23,42H,3-13,15-16,31H2,1-2H3,(H,35,45)(H,36,44)(H,37,43)(H,38,46)(H4,32,33,34)(H2,49,50,51)/t17-,18-,19-,20-,21-,22-,23-/m0/s1. The van der Waals surface area contributed by atoms with Crippen molar-refractivity contribution in [2.75, 3.05) is 44.9 Å². The number of nitrogens with two attached hydrogens (primary N) is 3. The van der Waals surface area contributed by atoms with Crippen LogP contribution in [0.15, 0.2) is 4.99 Å². The number of guanidine groups is 1. The zero-order chi connectivity index (χ0) is 40.6. The molecule has 0 saturated carbocycles. The highest BCUT2D eigenvalue weighted by Crippen LogP contribution is 2.35. The van der Waals surface area contributed by atoms with Crippen LogP contribution >= 0.6 is 19.6 Å². The number of thioether (sulfide) groups is 1. The maximum Gasteiger partial charge on any atom is 0.469 e. The molecule has 2 aliphatic heterocycles. The molecule has 6 amide bonds. The molecule has 0 aliphatic carbocycles. The number of hydrogen-bond acceptors (Lipinski definition) is 13. The summed E-state index contributed by atoms with van der Waals surface area (Å²) in [6.07, 6.45) is 4.09. The lowest BCUT2D eigenvalue weighted by Crippen LogP contribution is -2.60. The minimum absolute atomic E-state index is 0.0329. The fraction of sp³-hybridized carbons (Fsp3) is 0.733.